The Hall–Kier alpha value is -1.71. The summed E-state index contributed by atoms with van der Waals surface area (Å²) in [6, 6.07) is 4.09. The normalized spacial score (nSPS) is 9.14. The molecular formula is C8H6N2O3S. The summed E-state index contributed by atoms with van der Waals surface area (Å²) in [4.78, 5) is 11.4. The quantitative estimate of drug-likeness (QED) is 0.294. The Morgan fingerprint density at radius 2 is 2.29 bits per heavy atom. The van der Waals surface area contributed by atoms with Gasteiger partial charge in [0.2, 0.25) is 0 Å². The van der Waals surface area contributed by atoms with Crippen molar-refractivity contribution >= 4 is 17.7 Å². The molecule has 0 atom stereocenters. The summed E-state index contributed by atoms with van der Waals surface area (Å²) in [5.41, 5.74) is 1.36. The number of nitrogens with one attached hydrogen (secondary N) is 1. The average Bonchev–Trinajstić information content (AvgIpc) is 2.17. The predicted molar refractivity (Wildman–Crippen MR) is 48.8 cm³/mol. The highest BCUT2D eigenvalue weighted by molar-refractivity contribution is 8.03. The number of thiocyanates is 1. The van der Waals surface area contributed by atoms with Crippen molar-refractivity contribution in [2.75, 3.05) is 0 Å². The van der Waals surface area contributed by atoms with Crippen LogP contribution in [0.3, 0.4) is 0 Å². The second-order valence-electron chi connectivity index (χ2n) is 2.31. The maximum Gasteiger partial charge on any atom is 0.278 e. The topological polar surface area (TPSA) is 93.4 Å². The van der Waals surface area contributed by atoms with E-state index in [4.69, 9.17) is 10.5 Å². The highest BCUT2D eigenvalue weighted by atomic mass is 32.2. The lowest BCUT2D eigenvalue weighted by Crippen LogP contribution is -2.18. The molecule has 1 aromatic carbocycles. The molecule has 72 valence electrons. The fourth-order valence-electron chi connectivity index (χ4n) is 0.880. The predicted octanol–water partition coefficient (Wildman–Crippen LogP) is 1.08. The molecular weight excluding hydrogens is 204 g/mol. The molecule has 6 heteroatoms. The van der Waals surface area contributed by atoms with E-state index in [9.17, 15) is 9.90 Å². The van der Waals surface area contributed by atoms with Gasteiger partial charge in [0.15, 0.2) is 0 Å². The third kappa shape index (κ3) is 2.16. The van der Waals surface area contributed by atoms with Crippen LogP contribution in [0.4, 0.5) is 0 Å². The van der Waals surface area contributed by atoms with Gasteiger partial charge in [-0.2, -0.15) is 5.26 Å². The summed E-state index contributed by atoms with van der Waals surface area (Å²) in [6.45, 7) is 0. The number of hydrogen-bond acceptors (Lipinski definition) is 5. The van der Waals surface area contributed by atoms with Gasteiger partial charge in [-0.1, -0.05) is 0 Å². The molecule has 14 heavy (non-hydrogen) atoms. The number of carbonyl (C=O) groups excluding carboxylic acids is 1. The Kier molecular flexibility index (Phi) is 3.34. The van der Waals surface area contributed by atoms with Gasteiger partial charge in [-0.25, -0.2) is 5.48 Å². The number of nitriles is 1. The molecule has 0 fully saturated rings. The third-order valence-corrected chi connectivity index (χ3v) is 2.06. The van der Waals surface area contributed by atoms with E-state index in [1.165, 1.54) is 23.7 Å². The van der Waals surface area contributed by atoms with Gasteiger partial charge in [0, 0.05) is 4.90 Å². The summed E-state index contributed by atoms with van der Waals surface area (Å²) in [5.74, 6) is -1.08. The number of phenolic OH excluding ortho intramolecular Hbond substituents is 1. The van der Waals surface area contributed by atoms with Crippen molar-refractivity contribution in [3.8, 4) is 11.2 Å². The zero-order valence-corrected chi connectivity index (χ0v) is 7.71. The van der Waals surface area contributed by atoms with Crippen LogP contribution >= 0.6 is 11.8 Å². The van der Waals surface area contributed by atoms with E-state index in [0.717, 1.165) is 11.8 Å². The van der Waals surface area contributed by atoms with Gasteiger partial charge >= 0.3 is 0 Å². The van der Waals surface area contributed by atoms with Gasteiger partial charge in [0.25, 0.3) is 5.91 Å². The van der Waals surface area contributed by atoms with Crippen LogP contribution in [0.1, 0.15) is 10.4 Å². The zero-order valence-electron chi connectivity index (χ0n) is 6.89. The summed E-state index contributed by atoms with van der Waals surface area (Å²) in [7, 11) is 0. The number of rotatable bonds is 2. The standard InChI is InChI=1S/C8H6N2O3S/c9-4-14-5-1-2-6(7(11)3-5)8(12)10-13/h1-3,11,13H,(H,10,12). The first kappa shape index (κ1) is 10.4. The van der Waals surface area contributed by atoms with Crippen molar-refractivity contribution in [3.63, 3.8) is 0 Å². The second kappa shape index (κ2) is 4.50. The maximum atomic E-state index is 10.9. The number of aromatic hydroxyl groups is 1. The monoisotopic (exact) mass is 210 g/mol. The van der Waals surface area contributed by atoms with Crippen LogP contribution < -0.4 is 5.48 Å². The first-order chi connectivity index (χ1) is 6.69. The molecule has 0 saturated heterocycles. The molecule has 1 amide bonds. The molecule has 0 saturated carbocycles. The summed E-state index contributed by atoms with van der Waals surface area (Å²) >= 11 is 0.869. The van der Waals surface area contributed by atoms with E-state index in [0.29, 0.717) is 4.90 Å². The Labute approximate surface area is 83.9 Å². The molecule has 0 aliphatic rings. The lowest BCUT2D eigenvalue weighted by atomic mass is 10.2. The Balaban J connectivity index is 3.02. The Morgan fingerprint density at radius 1 is 1.57 bits per heavy atom. The largest absolute Gasteiger partial charge is 0.507 e. The molecule has 5 nitrogen and oxygen atoms in total. The van der Waals surface area contributed by atoms with Crippen molar-refractivity contribution in [2.24, 2.45) is 0 Å². The molecule has 0 aliphatic carbocycles. The van der Waals surface area contributed by atoms with Gasteiger partial charge in [0.1, 0.15) is 11.2 Å². The number of amides is 1. The molecule has 0 radical (unpaired) electrons. The minimum Gasteiger partial charge on any atom is -0.507 e. The number of carbonyl (C=O) groups is 1. The molecule has 0 aromatic heterocycles. The molecule has 0 heterocycles. The molecule has 1 rings (SSSR count). The Bertz CT molecular complexity index is 400. The number of phenols is 1. The molecule has 1 aromatic rings. The Morgan fingerprint density at radius 3 is 2.79 bits per heavy atom. The van der Waals surface area contributed by atoms with Gasteiger partial charge in [-0.15, -0.1) is 0 Å². The van der Waals surface area contributed by atoms with Crippen LogP contribution in [-0.4, -0.2) is 16.2 Å². The second-order valence-corrected chi connectivity index (χ2v) is 3.17. The van der Waals surface area contributed by atoms with E-state index >= 15 is 0 Å². The van der Waals surface area contributed by atoms with Crippen molar-refractivity contribution in [1.82, 2.24) is 5.48 Å². The summed E-state index contributed by atoms with van der Waals surface area (Å²) in [5, 5.41) is 27.8. The van der Waals surface area contributed by atoms with Crippen LogP contribution in [0.15, 0.2) is 23.1 Å². The fraction of sp³-hybridized carbons (Fsp3) is 0. The lowest BCUT2D eigenvalue weighted by Gasteiger charge is -2.02. The van der Waals surface area contributed by atoms with Crippen molar-refractivity contribution < 1.29 is 15.1 Å². The van der Waals surface area contributed by atoms with Crippen LogP contribution in [-0.2, 0) is 0 Å². The average molecular weight is 210 g/mol. The smallest absolute Gasteiger partial charge is 0.278 e. The number of thioether (sulfide) groups is 1. The van der Waals surface area contributed by atoms with E-state index in [1.807, 2.05) is 5.40 Å². The molecule has 0 unspecified atom stereocenters. The van der Waals surface area contributed by atoms with Crippen molar-refractivity contribution in [3.05, 3.63) is 23.8 Å². The molecule has 3 N–H and O–H groups in total. The van der Waals surface area contributed by atoms with E-state index in [1.54, 1.807) is 0 Å². The van der Waals surface area contributed by atoms with Crippen LogP contribution in [0, 0.1) is 10.7 Å². The lowest BCUT2D eigenvalue weighted by molar-refractivity contribution is 0.0703. The highest BCUT2D eigenvalue weighted by Crippen LogP contribution is 2.24. The van der Waals surface area contributed by atoms with Crippen LogP contribution in [0.5, 0.6) is 5.75 Å². The summed E-state index contributed by atoms with van der Waals surface area (Å²) in [6.07, 6.45) is 0. The highest BCUT2D eigenvalue weighted by Gasteiger charge is 2.10. The van der Waals surface area contributed by atoms with E-state index in [2.05, 4.69) is 0 Å². The molecule has 0 spiro atoms. The first-order valence-corrected chi connectivity index (χ1v) is 4.34. The number of benzene rings is 1. The molecule has 0 aliphatic heterocycles. The third-order valence-electron chi connectivity index (χ3n) is 1.48. The van der Waals surface area contributed by atoms with Gasteiger partial charge in [0.05, 0.1) is 5.56 Å². The van der Waals surface area contributed by atoms with Crippen LogP contribution in [0.2, 0.25) is 0 Å². The molecule has 0 bridgehead atoms. The van der Waals surface area contributed by atoms with E-state index < -0.39 is 5.91 Å². The number of hydrogen-bond donors (Lipinski definition) is 3. The number of hydroxylamine groups is 1. The summed E-state index contributed by atoms with van der Waals surface area (Å²) < 4.78 is 0. The zero-order chi connectivity index (χ0) is 10.6. The maximum absolute atomic E-state index is 10.9. The van der Waals surface area contributed by atoms with Crippen molar-refractivity contribution in [2.45, 2.75) is 4.90 Å². The van der Waals surface area contributed by atoms with Gasteiger partial charge in [-0.3, -0.25) is 10.0 Å². The minimum absolute atomic E-state index is 0.0465. The SMILES string of the molecule is N#CSc1ccc(C(=O)NO)c(O)c1. The van der Waals surface area contributed by atoms with Gasteiger partial charge < -0.3 is 5.11 Å². The fourth-order valence-corrected chi connectivity index (χ4v) is 1.29. The number of nitrogens with zero attached hydrogens (tertiary/aromatic N) is 1. The van der Waals surface area contributed by atoms with Crippen LogP contribution in [0.25, 0.3) is 0 Å². The van der Waals surface area contributed by atoms with E-state index in [-0.39, 0.29) is 11.3 Å². The first-order valence-electron chi connectivity index (χ1n) is 3.52. The minimum atomic E-state index is -0.795. The van der Waals surface area contributed by atoms with Gasteiger partial charge in [-0.05, 0) is 30.0 Å². The van der Waals surface area contributed by atoms with Crippen molar-refractivity contribution in [1.29, 1.82) is 5.26 Å².